The van der Waals surface area contributed by atoms with E-state index in [1.165, 1.54) is 6.07 Å². The van der Waals surface area contributed by atoms with Crippen LogP contribution in [0, 0.1) is 0 Å². The van der Waals surface area contributed by atoms with Gasteiger partial charge in [0.25, 0.3) is 0 Å². The Hall–Kier alpha value is -2.40. The molecule has 0 saturated carbocycles. The number of aryl methyl sites for hydroxylation is 1. The van der Waals surface area contributed by atoms with Crippen LogP contribution >= 0.6 is 11.6 Å². The van der Waals surface area contributed by atoms with Gasteiger partial charge in [0.05, 0.1) is 12.4 Å². The van der Waals surface area contributed by atoms with E-state index in [0.717, 1.165) is 17.8 Å². The van der Waals surface area contributed by atoms with Crippen molar-refractivity contribution in [3.8, 4) is 5.69 Å². The van der Waals surface area contributed by atoms with Gasteiger partial charge in [0.1, 0.15) is 11.4 Å². The van der Waals surface area contributed by atoms with Crippen LogP contribution in [0.3, 0.4) is 0 Å². The zero-order valence-corrected chi connectivity index (χ0v) is 12.9. The second-order valence-electron chi connectivity index (χ2n) is 4.93. The molecule has 0 bridgehead atoms. The molecule has 0 radical (unpaired) electrons. The van der Waals surface area contributed by atoms with Crippen molar-refractivity contribution in [3.05, 3.63) is 75.4 Å². The predicted octanol–water partition coefficient (Wildman–Crippen LogP) is 2.69. The average Bonchev–Trinajstić information content (AvgIpc) is 2.98. The summed E-state index contributed by atoms with van der Waals surface area (Å²) in [4.78, 5) is 12.0. The van der Waals surface area contributed by atoms with Crippen LogP contribution in [0.2, 0.25) is 5.02 Å². The molecule has 0 aliphatic heterocycles. The van der Waals surface area contributed by atoms with Crippen LogP contribution < -0.4 is 5.43 Å². The Kier molecular flexibility index (Phi) is 4.06. The van der Waals surface area contributed by atoms with Crippen molar-refractivity contribution in [2.24, 2.45) is 0 Å². The number of halogens is 1. The summed E-state index contributed by atoms with van der Waals surface area (Å²) >= 11 is 5.98. The van der Waals surface area contributed by atoms with Gasteiger partial charge in [-0.3, -0.25) is 9.48 Å². The van der Waals surface area contributed by atoms with E-state index in [0.29, 0.717) is 17.1 Å². The van der Waals surface area contributed by atoms with Gasteiger partial charge >= 0.3 is 0 Å². The van der Waals surface area contributed by atoms with Gasteiger partial charge in [0, 0.05) is 30.3 Å². The van der Waals surface area contributed by atoms with Crippen molar-refractivity contribution < 1.29 is 0 Å². The topological polar surface area (TPSA) is 52.7 Å². The van der Waals surface area contributed by atoms with Crippen molar-refractivity contribution in [2.75, 3.05) is 0 Å². The molecule has 0 N–H and O–H groups in total. The second-order valence-corrected chi connectivity index (χ2v) is 5.37. The molecule has 22 heavy (non-hydrogen) atoms. The Bertz CT molecular complexity index is 853. The van der Waals surface area contributed by atoms with Gasteiger partial charge in [-0.25, -0.2) is 4.68 Å². The highest BCUT2D eigenvalue weighted by atomic mass is 35.5. The molecular formula is C16H15ClN4O. The maximum atomic E-state index is 12.0. The molecule has 1 aromatic carbocycles. The van der Waals surface area contributed by atoms with Gasteiger partial charge < -0.3 is 0 Å². The number of hydrogen-bond acceptors (Lipinski definition) is 3. The van der Waals surface area contributed by atoms with E-state index < -0.39 is 0 Å². The Balaban J connectivity index is 1.94. The largest absolute Gasteiger partial charge is 0.288 e. The lowest BCUT2D eigenvalue weighted by Gasteiger charge is -2.05. The van der Waals surface area contributed by atoms with Crippen LogP contribution in [-0.4, -0.2) is 19.6 Å². The third kappa shape index (κ3) is 3.09. The smallest absolute Gasteiger partial charge is 0.203 e. The van der Waals surface area contributed by atoms with Gasteiger partial charge in [-0.1, -0.05) is 23.7 Å². The summed E-state index contributed by atoms with van der Waals surface area (Å²) in [6, 6.07) is 8.97. The van der Waals surface area contributed by atoms with E-state index in [2.05, 4.69) is 10.2 Å². The van der Waals surface area contributed by atoms with E-state index in [1.54, 1.807) is 23.1 Å². The highest BCUT2D eigenvalue weighted by Crippen LogP contribution is 2.13. The van der Waals surface area contributed by atoms with Crippen molar-refractivity contribution >= 4 is 11.6 Å². The van der Waals surface area contributed by atoms with E-state index >= 15 is 0 Å². The Morgan fingerprint density at radius 3 is 2.86 bits per heavy atom. The lowest BCUT2D eigenvalue weighted by molar-refractivity contribution is 0.658. The summed E-state index contributed by atoms with van der Waals surface area (Å²) < 4.78 is 3.48. The molecular weight excluding hydrogens is 300 g/mol. The van der Waals surface area contributed by atoms with Crippen LogP contribution in [0.4, 0.5) is 0 Å². The van der Waals surface area contributed by atoms with Crippen molar-refractivity contribution in [1.29, 1.82) is 0 Å². The molecule has 0 atom stereocenters. The van der Waals surface area contributed by atoms with Gasteiger partial charge in [-0.2, -0.15) is 10.2 Å². The molecule has 0 aliphatic carbocycles. The van der Waals surface area contributed by atoms with Crippen molar-refractivity contribution in [3.63, 3.8) is 0 Å². The van der Waals surface area contributed by atoms with E-state index in [9.17, 15) is 4.79 Å². The van der Waals surface area contributed by atoms with E-state index in [1.807, 2.05) is 36.0 Å². The molecule has 6 heteroatoms. The Morgan fingerprint density at radius 2 is 2.14 bits per heavy atom. The molecule has 5 nitrogen and oxygen atoms in total. The molecule has 0 saturated heterocycles. The second kappa shape index (κ2) is 6.15. The summed E-state index contributed by atoms with van der Waals surface area (Å²) in [6.45, 7) is 2.80. The first kappa shape index (κ1) is 14.5. The fourth-order valence-corrected chi connectivity index (χ4v) is 2.41. The number of rotatable bonds is 4. The summed E-state index contributed by atoms with van der Waals surface area (Å²) in [6.07, 6.45) is 5.72. The molecule has 0 aliphatic rings. The maximum absolute atomic E-state index is 12.0. The quantitative estimate of drug-likeness (QED) is 0.744. The third-order valence-electron chi connectivity index (χ3n) is 3.35. The number of benzene rings is 1. The normalized spacial score (nSPS) is 10.8. The SMILES string of the molecule is CCn1cc(-n2ccc(=O)c(Cc3cccc(Cl)c3)n2)cn1. The first-order valence-electron chi connectivity index (χ1n) is 7.02. The third-order valence-corrected chi connectivity index (χ3v) is 3.58. The van der Waals surface area contributed by atoms with E-state index in [-0.39, 0.29) is 5.43 Å². The molecule has 3 rings (SSSR count). The van der Waals surface area contributed by atoms with Crippen LogP contribution in [0.25, 0.3) is 5.69 Å². The number of aromatic nitrogens is 4. The lowest BCUT2D eigenvalue weighted by Crippen LogP contribution is -2.16. The molecule has 0 amide bonds. The first-order chi connectivity index (χ1) is 10.7. The maximum Gasteiger partial charge on any atom is 0.203 e. The summed E-state index contributed by atoms with van der Waals surface area (Å²) in [5, 5.41) is 9.29. The summed E-state index contributed by atoms with van der Waals surface area (Å²) in [5.74, 6) is 0. The molecule has 0 fully saturated rings. The number of nitrogens with zero attached hydrogens (tertiary/aromatic N) is 4. The molecule has 2 heterocycles. The first-order valence-corrected chi connectivity index (χ1v) is 7.39. The molecule has 3 aromatic rings. The minimum absolute atomic E-state index is 0.0842. The molecule has 0 spiro atoms. The van der Waals surface area contributed by atoms with Gasteiger partial charge in [-0.15, -0.1) is 0 Å². The predicted molar refractivity (Wildman–Crippen MR) is 85.6 cm³/mol. The Morgan fingerprint density at radius 1 is 1.27 bits per heavy atom. The van der Waals surface area contributed by atoms with Gasteiger partial charge in [0.15, 0.2) is 0 Å². The fraction of sp³-hybridized carbons (Fsp3) is 0.188. The zero-order valence-electron chi connectivity index (χ0n) is 12.1. The zero-order chi connectivity index (χ0) is 15.5. The molecule has 112 valence electrons. The Labute approximate surface area is 132 Å². The minimum atomic E-state index is -0.0842. The summed E-state index contributed by atoms with van der Waals surface area (Å²) in [5.41, 5.74) is 2.18. The molecule has 0 unspecified atom stereocenters. The van der Waals surface area contributed by atoms with Crippen molar-refractivity contribution in [1.82, 2.24) is 19.6 Å². The number of hydrogen-bond donors (Lipinski definition) is 0. The highest BCUT2D eigenvalue weighted by molar-refractivity contribution is 6.30. The van der Waals surface area contributed by atoms with Crippen LogP contribution in [-0.2, 0) is 13.0 Å². The monoisotopic (exact) mass is 314 g/mol. The molecule has 2 aromatic heterocycles. The van der Waals surface area contributed by atoms with Crippen LogP contribution in [0.1, 0.15) is 18.2 Å². The van der Waals surface area contributed by atoms with Crippen LogP contribution in [0.5, 0.6) is 0 Å². The standard InChI is InChI=1S/C16H15ClN4O/c1-2-20-11-14(10-18-20)21-7-6-16(22)15(19-21)9-12-4-3-5-13(17)8-12/h3-8,10-11H,2,9H2,1H3. The minimum Gasteiger partial charge on any atom is -0.288 e. The van der Waals surface area contributed by atoms with Gasteiger partial charge in [0.2, 0.25) is 5.43 Å². The van der Waals surface area contributed by atoms with E-state index in [4.69, 9.17) is 11.6 Å². The lowest BCUT2D eigenvalue weighted by atomic mass is 10.1. The van der Waals surface area contributed by atoms with Gasteiger partial charge in [-0.05, 0) is 24.6 Å². The average molecular weight is 315 g/mol. The van der Waals surface area contributed by atoms with Crippen LogP contribution in [0.15, 0.2) is 53.7 Å². The summed E-state index contributed by atoms with van der Waals surface area (Å²) in [7, 11) is 0. The fourth-order valence-electron chi connectivity index (χ4n) is 2.20. The van der Waals surface area contributed by atoms with Crippen molar-refractivity contribution in [2.45, 2.75) is 19.9 Å². The highest BCUT2D eigenvalue weighted by Gasteiger charge is 2.07.